The van der Waals surface area contributed by atoms with E-state index in [9.17, 15) is 4.79 Å². The summed E-state index contributed by atoms with van der Waals surface area (Å²) in [5, 5.41) is 10.5. The third-order valence-corrected chi connectivity index (χ3v) is 5.64. The first-order valence-corrected chi connectivity index (χ1v) is 10.3. The summed E-state index contributed by atoms with van der Waals surface area (Å²) in [4.78, 5) is 18.7. The average molecular weight is 436 g/mol. The fraction of sp³-hybridized carbons (Fsp3) is 0.182. The van der Waals surface area contributed by atoms with Crippen LogP contribution in [-0.4, -0.2) is 36.5 Å². The lowest BCUT2D eigenvalue weighted by Crippen LogP contribution is -2.27. The van der Waals surface area contributed by atoms with E-state index in [0.717, 1.165) is 16.1 Å². The number of hydrazone groups is 2. The normalized spacial score (nSPS) is 14.7. The van der Waals surface area contributed by atoms with E-state index >= 15 is 0 Å². The molecule has 8 nitrogen and oxygen atoms in total. The fourth-order valence-electron chi connectivity index (χ4n) is 3.10. The first-order valence-electron chi connectivity index (χ1n) is 9.50. The quantitative estimate of drug-likeness (QED) is 0.583. The number of benzene rings is 2. The molecule has 0 radical (unpaired) electrons. The van der Waals surface area contributed by atoms with Crippen LogP contribution in [0.25, 0.3) is 11.3 Å². The van der Waals surface area contributed by atoms with Crippen LogP contribution in [0.2, 0.25) is 0 Å². The van der Waals surface area contributed by atoms with Gasteiger partial charge in [0.25, 0.3) is 0 Å². The number of rotatable bonds is 6. The van der Waals surface area contributed by atoms with Crippen molar-refractivity contribution in [2.24, 2.45) is 10.2 Å². The molecular formula is C22H21N5O3S. The minimum Gasteiger partial charge on any atom is -0.497 e. The maximum absolute atomic E-state index is 13.0. The van der Waals surface area contributed by atoms with Gasteiger partial charge in [0.2, 0.25) is 5.13 Å². The Labute approximate surface area is 183 Å². The van der Waals surface area contributed by atoms with E-state index in [0.29, 0.717) is 28.0 Å². The lowest BCUT2D eigenvalue weighted by molar-refractivity contribution is -0.112. The van der Waals surface area contributed by atoms with Gasteiger partial charge in [0.15, 0.2) is 5.71 Å². The average Bonchev–Trinajstić information content (AvgIpc) is 3.31. The van der Waals surface area contributed by atoms with Crippen molar-refractivity contribution in [1.29, 1.82) is 0 Å². The molecule has 0 atom stereocenters. The van der Waals surface area contributed by atoms with Crippen molar-refractivity contribution < 1.29 is 14.3 Å². The summed E-state index contributed by atoms with van der Waals surface area (Å²) in [5.41, 5.74) is 6.05. The Morgan fingerprint density at radius 3 is 2.55 bits per heavy atom. The van der Waals surface area contributed by atoms with Crippen molar-refractivity contribution >= 4 is 39.5 Å². The van der Waals surface area contributed by atoms with Gasteiger partial charge in [-0.05, 0) is 26.0 Å². The molecule has 3 aromatic rings. The highest BCUT2D eigenvalue weighted by atomic mass is 32.1. The smallest absolute Gasteiger partial charge is 0.303 e. The van der Waals surface area contributed by atoms with Gasteiger partial charge in [0.05, 0.1) is 31.3 Å². The first kappa shape index (κ1) is 20.5. The standard InChI is InChI=1S/C22H21N5O3S/c1-13-19(25-24-17-11-10-16(29-3)12-18(17)30-4)21(28)27(26-13)22-23-20(14(2)31-22)15-8-6-5-7-9-15/h5-12,24H,1-4H3/b25-19+. The Balaban J connectivity index is 1.58. The number of anilines is 2. The topological polar surface area (TPSA) is 88.4 Å². The molecule has 1 aliphatic heterocycles. The molecule has 0 fully saturated rings. The predicted molar refractivity (Wildman–Crippen MR) is 123 cm³/mol. The molecule has 1 amide bonds. The van der Waals surface area contributed by atoms with Gasteiger partial charge < -0.3 is 9.47 Å². The van der Waals surface area contributed by atoms with Crippen LogP contribution < -0.4 is 19.9 Å². The molecule has 0 saturated carbocycles. The number of hydrogen-bond donors (Lipinski definition) is 1. The highest BCUT2D eigenvalue weighted by Crippen LogP contribution is 2.34. The molecular weight excluding hydrogens is 414 g/mol. The summed E-state index contributed by atoms with van der Waals surface area (Å²) >= 11 is 1.42. The van der Waals surface area contributed by atoms with Crippen molar-refractivity contribution in [3.8, 4) is 22.8 Å². The molecule has 2 aromatic carbocycles. The lowest BCUT2D eigenvalue weighted by Gasteiger charge is -2.10. The molecule has 31 heavy (non-hydrogen) atoms. The summed E-state index contributed by atoms with van der Waals surface area (Å²) in [6.45, 7) is 3.72. The third kappa shape index (κ3) is 3.99. The Bertz CT molecular complexity index is 1190. The number of carbonyl (C=O) groups is 1. The van der Waals surface area contributed by atoms with Gasteiger partial charge in [-0.1, -0.05) is 41.7 Å². The van der Waals surface area contributed by atoms with Crippen molar-refractivity contribution in [3.63, 3.8) is 0 Å². The molecule has 0 saturated heterocycles. The van der Waals surface area contributed by atoms with Gasteiger partial charge in [-0.2, -0.15) is 15.2 Å². The van der Waals surface area contributed by atoms with Gasteiger partial charge >= 0.3 is 5.91 Å². The number of aromatic nitrogens is 1. The van der Waals surface area contributed by atoms with E-state index in [1.165, 1.54) is 16.3 Å². The summed E-state index contributed by atoms with van der Waals surface area (Å²) in [7, 11) is 3.13. The number of amides is 1. The summed E-state index contributed by atoms with van der Waals surface area (Å²) in [5.74, 6) is 0.860. The zero-order chi connectivity index (χ0) is 22.0. The molecule has 1 N–H and O–H groups in total. The largest absolute Gasteiger partial charge is 0.497 e. The SMILES string of the molecule is COc1ccc(N/N=C2/C(=O)N(c3nc(-c4ccccc4)c(C)s3)N=C2C)c(OC)c1. The minimum atomic E-state index is -0.342. The summed E-state index contributed by atoms with van der Waals surface area (Å²) < 4.78 is 10.6. The van der Waals surface area contributed by atoms with Crippen molar-refractivity contribution in [1.82, 2.24) is 4.98 Å². The van der Waals surface area contributed by atoms with E-state index in [-0.39, 0.29) is 11.6 Å². The molecule has 0 spiro atoms. The lowest BCUT2D eigenvalue weighted by atomic mass is 10.1. The minimum absolute atomic E-state index is 0.215. The van der Waals surface area contributed by atoms with E-state index in [2.05, 4.69) is 20.6 Å². The zero-order valence-electron chi connectivity index (χ0n) is 17.5. The van der Waals surface area contributed by atoms with Crippen LogP contribution in [0.5, 0.6) is 11.5 Å². The van der Waals surface area contributed by atoms with Gasteiger partial charge in [-0.3, -0.25) is 10.2 Å². The van der Waals surface area contributed by atoms with Gasteiger partial charge in [-0.15, -0.1) is 0 Å². The maximum atomic E-state index is 13.0. The monoisotopic (exact) mass is 435 g/mol. The van der Waals surface area contributed by atoms with Crippen LogP contribution >= 0.6 is 11.3 Å². The van der Waals surface area contributed by atoms with Crippen LogP contribution in [-0.2, 0) is 4.79 Å². The molecule has 0 aliphatic carbocycles. The molecule has 158 valence electrons. The molecule has 0 bridgehead atoms. The van der Waals surface area contributed by atoms with E-state index in [4.69, 9.17) is 9.47 Å². The fourth-order valence-corrected chi connectivity index (χ4v) is 3.98. The predicted octanol–water partition coefficient (Wildman–Crippen LogP) is 4.33. The molecule has 1 aliphatic rings. The second-order valence-corrected chi connectivity index (χ2v) is 7.89. The van der Waals surface area contributed by atoms with Crippen molar-refractivity contribution in [2.45, 2.75) is 13.8 Å². The molecule has 0 unspecified atom stereocenters. The molecule has 1 aromatic heterocycles. The second-order valence-electron chi connectivity index (χ2n) is 6.71. The van der Waals surface area contributed by atoms with Crippen LogP contribution in [0, 0.1) is 6.92 Å². The first-order chi connectivity index (χ1) is 15.0. The molecule has 4 rings (SSSR count). The van der Waals surface area contributed by atoms with Crippen molar-refractivity contribution in [2.75, 3.05) is 24.7 Å². The number of methoxy groups -OCH3 is 2. The summed E-state index contributed by atoms with van der Waals surface area (Å²) in [6.07, 6.45) is 0. The van der Waals surface area contributed by atoms with Crippen LogP contribution in [0.15, 0.2) is 58.7 Å². The Hall–Kier alpha value is -3.72. The Morgan fingerprint density at radius 2 is 1.84 bits per heavy atom. The van der Waals surface area contributed by atoms with Gasteiger partial charge in [0, 0.05) is 16.5 Å². The van der Waals surface area contributed by atoms with Crippen LogP contribution in [0.3, 0.4) is 0 Å². The number of thiazole rings is 1. The van der Waals surface area contributed by atoms with Gasteiger partial charge in [0.1, 0.15) is 11.5 Å². The Kier molecular flexibility index (Phi) is 5.68. The zero-order valence-corrected chi connectivity index (χ0v) is 18.4. The highest BCUT2D eigenvalue weighted by Gasteiger charge is 2.33. The van der Waals surface area contributed by atoms with E-state index in [1.54, 1.807) is 39.3 Å². The Morgan fingerprint density at radius 1 is 1.06 bits per heavy atom. The second kappa shape index (κ2) is 8.57. The molecule has 9 heteroatoms. The summed E-state index contributed by atoms with van der Waals surface area (Å²) in [6, 6.07) is 15.1. The van der Waals surface area contributed by atoms with Gasteiger partial charge in [-0.25, -0.2) is 4.98 Å². The number of ether oxygens (including phenoxy) is 2. The number of carbonyl (C=O) groups excluding carboxylic acids is 1. The molecule has 2 heterocycles. The van der Waals surface area contributed by atoms with E-state index < -0.39 is 0 Å². The third-order valence-electron chi connectivity index (χ3n) is 4.70. The van der Waals surface area contributed by atoms with E-state index in [1.807, 2.05) is 37.3 Å². The number of aryl methyl sites for hydroxylation is 1. The number of nitrogens with zero attached hydrogens (tertiary/aromatic N) is 4. The van der Waals surface area contributed by atoms with Crippen LogP contribution in [0.4, 0.5) is 10.8 Å². The number of nitrogens with one attached hydrogen (secondary N) is 1. The maximum Gasteiger partial charge on any atom is 0.303 e. The van der Waals surface area contributed by atoms with Crippen molar-refractivity contribution in [3.05, 3.63) is 53.4 Å². The highest BCUT2D eigenvalue weighted by molar-refractivity contribution is 7.16. The van der Waals surface area contributed by atoms with Crippen LogP contribution in [0.1, 0.15) is 11.8 Å². The number of hydrogen-bond acceptors (Lipinski definition) is 8.